The molecule has 2 N–H and O–H groups in total. The molecule has 1 amide bonds. The summed E-state index contributed by atoms with van der Waals surface area (Å²) in [7, 11) is 0. The summed E-state index contributed by atoms with van der Waals surface area (Å²) in [5.41, 5.74) is 3.00. The van der Waals surface area contributed by atoms with Crippen molar-refractivity contribution in [1.29, 1.82) is 0 Å². The van der Waals surface area contributed by atoms with E-state index in [0.29, 0.717) is 49.7 Å². The molecule has 6 rings (SSSR count). The Balaban J connectivity index is 1.19. The second-order valence-electron chi connectivity index (χ2n) is 9.20. The summed E-state index contributed by atoms with van der Waals surface area (Å²) in [6.07, 6.45) is 4.20. The van der Waals surface area contributed by atoms with E-state index in [4.69, 9.17) is 10.1 Å². The van der Waals surface area contributed by atoms with Gasteiger partial charge in [0.25, 0.3) is 0 Å². The summed E-state index contributed by atoms with van der Waals surface area (Å²) in [4.78, 5) is 22.5. The first kappa shape index (κ1) is 20.7. The Bertz CT molecular complexity index is 1300. The molecule has 1 aromatic carbocycles. The van der Waals surface area contributed by atoms with Crippen molar-refractivity contribution in [2.75, 3.05) is 36.4 Å². The fraction of sp³-hybridized carbons (Fsp3) is 0.360. The number of rotatable bonds is 6. The van der Waals surface area contributed by atoms with Crippen LogP contribution in [0.15, 0.2) is 54.7 Å². The summed E-state index contributed by atoms with van der Waals surface area (Å²) in [6, 6.07) is 16.1. The van der Waals surface area contributed by atoms with Crippen LogP contribution in [0.3, 0.4) is 0 Å². The number of aromatic amines is 1. The smallest absolute Gasteiger partial charge is 0.245 e. The lowest BCUT2D eigenvalue weighted by Gasteiger charge is -2.36. The largest absolute Gasteiger partial charge is 0.339 e. The average molecular weight is 457 g/mol. The molecule has 3 aromatic heterocycles. The average Bonchev–Trinajstić information content (AvgIpc) is 3.42. The monoisotopic (exact) mass is 456 g/mol. The molecular weight excluding hydrogens is 428 g/mol. The number of carbonyl (C=O) groups is 1. The second kappa shape index (κ2) is 8.48. The molecule has 1 aliphatic heterocycles. The Kier molecular flexibility index (Phi) is 5.16. The first-order valence-corrected chi connectivity index (χ1v) is 11.9. The Hall–Kier alpha value is -3.88. The first-order chi connectivity index (χ1) is 16.7. The van der Waals surface area contributed by atoms with E-state index in [2.05, 4.69) is 32.5 Å². The standard InChI is InChI=1S/C25H28N8O/c1-17-16-21(29-28-17)26-23-20-8-5-11-33(20)30-25(27-23)32-14-12-31(13-15-32)24(34)22(19-9-10-19)18-6-3-2-4-7-18/h2-8,11,16,19,22H,9-10,12-15H2,1H3,(H2,26,27,28,29,30). The minimum Gasteiger partial charge on any atom is -0.339 e. The maximum absolute atomic E-state index is 13.5. The van der Waals surface area contributed by atoms with Gasteiger partial charge in [-0.05, 0) is 43.4 Å². The number of nitrogens with zero attached hydrogens (tertiary/aromatic N) is 6. The van der Waals surface area contributed by atoms with Crippen LogP contribution in [0.1, 0.15) is 30.0 Å². The van der Waals surface area contributed by atoms with Gasteiger partial charge in [0.2, 0.25) is 11.9 Å². The normalized spacial score (nSPS) is 17.2. The van der Waals surface area contributed by atoms with Crippen LogP contribution in [0, 0.1) is 12.8 Å². The van der Waals surface area contributed by atoms with Crippen LogP contribution < -0.4 is 10.2 Å². The van der Waals surface area contributed by atoms with Gasteiger partial charge in [0.15, 0.2) is 11.6 Å². The van der Waals surface area contributed by atoms with E-state index in [1.54, 1.807) is 0 Å². The molecule has 2 fully saturated rings. The molecule has 9 heteroatoms. The SMILES string of the molecule is Cc1cc(Nc2nc(N3CCN(C(=O)C(c4ccccc4)C4CC4)CC3)nn3cccc23)n[nH]1. The van der Waals surface area contributed by atoms with E-state index in [1.165, 1.54) is 0 Å². The Morgan fingerprint density at radius 1 is 1.09 bits per heavy atom. The van der Waals surface area contributed by atoms with Crippen molar-refractivity contribution in [1.82, 2.24) is 29.7 Å². The molecule has 1 saturated heterocycles. The topological polar surface area (TPSA) is 94.5 Å². The molecule has 0 radical (unpaired) electrons. The first-order valence-electron chi connectivity index (χ1n) is 11.9. The molecule has 1 atom stereocenters. The number of hydrogen-bond donors (Lipinski definition) is 2. The van der Waals surface area contributed by atoms with E-state index in [1.807, 2.05) is 58.9 Å². The van der Waals surface area contributed by atoms with E-state index >= 15 is 0 Å². The summed E-state index contributed by atoms with van der Waals surface area (Å²) >= 11 is 0. The zero-order valence-corrected chi connectivity index (χ0v) is 19.2. The van der Waals surface area contributed by atoms with Crippen LogP contribution in [0.25, 0.3) is 5.52 Å². The number of fused-ring (bicyclic) bond motifs is 1. The van der Waals surface area contributed by atoms with Crippen LogP contribution in [-0.2, 0) is 4.79 Å². The number of H-pyrrole nitrogens is 1. The highest BCUT2D eigenvalue weighted by Crippen LogP contribution is 2.43. The van der Waals surface area contributed by atoms with Crippen molar-refractivity contribution >= 4 is 29.0 Å². The maximum Gasteiger partial charge on any atom is 0.245 e. The summed E-state index contributed by atoms with van der Waals surface area (Å²) in [5.74, 6) is 2.78. The Morgan fingerprint density at radius 3 is 2.59 bits per heavy atom. The highest BCUT2D eigenvalue weighted by Gasteiger charge is 2.40. The third-order valence-corrected chi connectivity index (χ3v) is 6.72. The van der Waals surface area contributed by atoms with Gasteiger partial charge in [0.1, 0.15) is 5.52 Å². The summed E-state index contributed by atoms with van der Waals surface area (Å²) in [6.45, 7) is 4.70. The molecule has 0 bridgehead atoms. The van der Waals surface area contributed by atoms with Crippen LogP contribution in [0.5, 0.6) is 0 Å². The van der Waals surface area contributed by atoms with Crippen molar-refractivity contribution in [2.24, 2.45) is 5.92 Å². The fourth-order valence-corrected chi connectivity index (χ4v) is 4.78. The van der Waals surface area contributed by atoms with Gasteiger partial charge in [0, 0.05) is 44.1 Å². The van der Waals surface area contributed by atoms with Gasteiger partial charge in [0.05, 0.1) is 5.92 Å². The van der Waals surface area contributed by atoms with Crippen LogP contribution in [0.2, 0.25) is 0 Å². The van der Waals surface area contributed by atoms with E-state index in [-0.39, 0.29) is 11.8 Å². The van der Waals surface area contributed by atoms with E-state index < -0.39 is 0 Å². The lowest BCUT2D eigenvalue weighted by Crippen LogP contribution is -2.50. The second-order valence-corrected chi connectivity index (χ2v) is 9.20. The lowest BCUT2D eigenvalue weighted by atomic mass is 9.92. The Labute approximate surface area is 197 Å². The molecule has 0 spiro atoms. The van der Waals surface area contributed by atoms with Gasteiger partial charge in [-0.1, -0.05) is 30.3 Å². The molecule has 34 heavy (non-hydrogen) atoms. The third-order valence-electron chi connectivity index (χ3n) is 6.72. The van der Waals surface area contributed by atoms with Gasteiger partial charge < -0.3 is 15.1 Å². The molecule has 1 saturated carbocycles. The minimum atomic E-state index is -0.0201. The molecule has 174 valence electrons. The van der Waals surface area contributed by atoms with Gasteiger partial charge in [-0.25, -0.2) is 4.52 Å². The minimum absolute atomic E-state index is 0.0201. The number of aryl methyl sites for hydroxylation is 1. The van der Waals surface area contributed by atoms with Crippen LogP contribution in [0.4, 0.5) is 17.6 Å². The quantitative estimate of drug-likeness (QED) is 0.462. The lowest BCUT2D eigenvalue weighted by molar-refractivity contribution is -0.133. The number of hydrogen-bond acceptors (Lipinski definition) is 6. The van der Waals surface area contributed by atoms with Gasteiger partial charge >= 0.3 is 0 Å². The highest BCUT2D eigenvalue weighted by atomic mass is 16.2. The number of amides is 1. The molecular formula is C25H28N8O. The number of nitrogens with one attached hydrogen (secondary N) is 2. The van der Waals surface area contributed by atoms with Crippen LogP contribution in [-0.4, -0.2) is 61.8 Å². The van der Waals surface area contributed by atoms with Crippen molar-refractivity contribution in [3.05, 3.63) is 66.0 Å². The molecule has 4 aromatic rings. The number of piperazine rings is 1. The third kappa shape index (κ3) is 3.98. The van der Waals surface area contributed by atoms with E-state index in [9.17, 15) is 4.79 Å². The molecule has 2 aliphatic rings. The highest BCUT2D eigenvalue weighted by molar-refractivity contribution is 5.85. The zero-order valence-electron chi connectivity index (χ0n) is 19.2. The maximum atomic E-state index is 13.5. The van der Waals surface area contributed by atoms with Crippen molar-refractivity contribution in [3.63, 3.8) is 0 Å². The fourth-order valence-electron chi connectivity index (χ4n) is 4.78. The van der Waals surface area contributed by atoms with Crippen LogP contribution >= 0.6 is 0 Å². The molecule has 4 heterocycles. The molecule has 9 nitrogen and oxygen atoms in total. The molecule has 1 aliphatic carbocycles. The Morgan fingerprint density at radius 2 is 1.88 bits per heavy atom. The number of carbonyl (C=O) groups excluding carboxylic acids is 1. The van der Waals surface area contributed by atoms with E-state index in [0.717, 1.165) is 29.6 Å². The predicted molar refractivity (Wildman–Crippen MR) is 130 cm³/mol. The van der Waals surface area contributed by atoms with Gasteiger partial charge in [-0.3, -0.25) is 9.89 Å². The van der Waals surface area contributed by atoms with Gasteiger partial charge in [-0.2, -0.15) is 10.1 Å². The zero-order chi connectivity index (χ0) is 23.1. The van der Waals surface area contributed by atoms with Crippen molar-refractivity contribution in [3.8, 4) is 0 Å². The predicted octanol–water partition coefficient (Wildman–Crippen LogP) is 3.35. The number of aromatic nitrogens is 5. The summed E-state index contributed by atoms with van der Waals surface area (Å²) in [5, 5.41) is 15.2. The van der Waals surface area contributed by atoms with Crippen molar-refractivity contribution in [2.45, 2.75) is 25.7 Å². The van der Waals surface area contributed by atoms with Gasteiger partial charge in [-0.15, -0.1) is 5.10 Å². The molecule has 1 unspecified atom stereocenters. The number of anilines is 3. The summed E-state index contributed by atoms with van der Waals surface area (Å²) < 4.78 is 1.83. The number of benzene rings is 1. The van der Waals surface area contributed by atoms with Crippen molar-refractivity contribution < 1.29 is 4.79 Å².